The summed E-state index contributed by atoms with van der Waals surface area (Å²) >= 11 is 0. The van der Waals surface area contributed by atoms with Crippen molar-refractivity contribution in [1.82, 2.24) is 4.90 Å². The fraction of sp³-hybridized carbons (Fsp3) is 0.946. The van der Waals surface area contributed by atoms with Crippen molar-refractivity contribution in [2.75, 3.05) is 27.8 Å². The zero-order chi connectivity index (χ0) is 38.7. The Balaban J connectivity index is 2.19. The Bertz CT molecular complexity index is 1140. The number of nitrogens with zero attached hydrogens (tertiary/aromatic N) is 1. The van der Waals surface area contributed by atoms with E-state index in [4.69, 9.17) is 28.4 Å². The van der Waals surface area contributed by atoms with Crippen LogP contribution in [0.3, 0.4) is 0 Å². The first-order chi connectivity index (χ1) is 23.6. The Morgan fingerprint density at radius 3 is 2.10 bits per heavy atom. The molecule has 0 bridgehead atoms. The molecule has 3 aliphatic heterocycles. The van der Waals surface area contributed by atoms with E-state index in [1.807, 2.05) is 25.9 Å². The van der Waals surface area contributed by atoms with E-state index in [9.17, 15) is 35.1 Å². The molecule has 14 nitrogen and oxygen atoms in total. The van der Waals surface area contributed by atoms with Gasteiger partial charge in [0.1, 0.15) is 30.0 Å². The van der Waals surface area contributed by atoms with Crippen molar-refractivity contribution < 1.29 is 63.5 Å². The van der Waals surface area contributed by atoms with Crippen molar-refractivity contribution in [1.29, 1.82) is 0 Å². The van der Waals surface area contributed by atoms with E-state index in [2.05, 4.69) is 0 Å². The van der Waals surface area contributed by atoms with Gasteiger partial charge in [0.05, 0.1) is 48.3 Å². The SMILES string of the molecule is CC[C@H]1OC(=O)[C@H](CO)[C@@H](O[C@H]2C[C@](C)(OC)[C@H](O)[C@@H](C)O2)[C@H](C)[C@@H](O[C@H]2O[C@H](C)C[C@H](N(C)C)[C@@H]2O)[C@](C)(O)C[C@@H](C)C(=O)[C@H](C)[C@@H](O)[C@H]1C. The second kappa shape index (κ2) is 17.9. The number of likely N-dealkylation sites (N-methyl/N-ethyl adjacent to an activating group) is 1. The number of Topliss-reactive ketones (excluding diaryl/α,β-unsaturated/α-hetero) is 1. The number of carbonyl (C=O) groups excluding carboxylic acids is 2. The van der Waals surface area contributed by atoms with E-state index in [0.29, 0.717) is 12.8 Å². The van der Waals surface area contributed by atoms with Crippen molar-refractivity contribution in [3.05, 3.63) is 0 Å². The van der Waals surface area contributed by atoms with Crippen LogP contribution >= 0.6 is 0 Å². The lowest BCUT2D eigenvalue weighted by Crippen LogP contribution is -2.61. The van der Waals surface area contributed by atoms with Gasteiger partial charge >= 0.3 is 5.97 Å². The van der Waals surface area contributed by atoms with Gasteiger partial charge in [0.15, 0.2) is 12.6 Å². The molecule has 3 rings (SSSR count). The van der Waals surface area contributed by atoms with Crippen LogP contribution in [-0.2, 0) is 38.0 Å². The predicted molar refractivity (Wildman–Crippen MR) is 186 cm³/mol. The molecule has 3 heterocycles. The molecule has 0 unspecified atom stereocenters. The monoisotopic (exact) mass is 733 g/mol. The third kappa shape index (κ3) is 9.88. The second-order valence-corrected chi connectivity index (χ2v) is 16.2. The van der Waals surface area contributed by atoms with Crippen molar-refractivity contribution >= 4 is 11.8 Å². The summed E-state index contributed by atoms with van der Waals surface area (Å²) in [6.45, 7) is 14.6. The molecule has 14 heteroatoms. The number of methoxy groups -OCH3 is 1. The molecular formula is C37H67NO13. The first-order valence-electron chi connectivity index (χ1n) is 18.6. The minimum Gasteiger partial charge on any atom is -0.462 e. The summed E-state index contributed by atoms with van der Waals surface area (Å²) in [5.74, 6) is -5.57. The number of carbonyl (C=O) groups is 2. The Kier molecular flexibility index (Phi) is 15.5. The third-order valence-corrected chi connectivity index (χ3v) is 11.8. The van der Waals surface area contributed by atoms with Crippen LogP contribution in [0.25, 0.3) is 0 Å². The molecule has 3 fully saturated rings. The molecule has 0 saturated carbocycles. The highest BCUT2D eigenvalue weighted by atomic mass is 16.7. The maximum atomic E-state index is 14.1. The van der Waals surface area contributed by atoms with Crippen LogP contribution in [0.15, 0.2) is 0 Å². The lowest BCUT2D eigenvalue weighted by Gasteiger charge is -2.49. The average Bonchev–Trinajstić information content (AvgIpc) is 3.06. The van der Waals surface area contributed by atoms with Crippen LogP contribution in [-0.4, -0.2) is 149 Å². The maximum Gasteiger partial charge on any atom is 0.314 e. The normalized spacial score (nSPS) is 48.3. The smallest absolute Gasteiger partial charge is 0.314 e. The third-order valence-electron chi connectivity index (χ3n) is 11.8. The van der Waals surface area contributed by atoms with Crippen LogP contribution in [0.5, 0.6) is 0 Å². The molecule has 0 radical (unpaired) electrons. The van der Waals surface area contributed by atoms with E-state index in [-0.39, 0.29) is 30.8 Å². The number of hydrogen-bond acceptors (Lipinski definition) is 14. The largest absolute Gasteiger partial charge is 0.462 e. The van der Waals surface area contributed by atoms with Crippen molar-refractivity contribution in [2.24, 2.45) is 29.6 Å². The number of cyclic esters (lactones) is 1. The molecule has 0 amide bonds. The number of esters is 1. The average molecular weight is 734 g/mol. The van der Waals surface area contributed by atoms with Crippen LogP contribution in [0, 0.1) is 29.6 Å². The first kappa shape index (κ1) is 44.1. The quantitative estimate of drug-likeness (QED) is 0.226. The summed E-state index contributed by atoms with van der Waals surface area (Å²) in [5.41, 5.74) is -2.88. The van der Waals surface area contributed by atoms with E-state index >= 15 is 0 Å². The Morgan fingerprint density at radius 1 is 0.922 bits per heavy atom. The number of ketones is 1. The number of aliphatic hydroxyl groups excluding tert-OH is 4. The van der Waals surface area contributed by atoms with E-state index < -0.39 is 109 Å². The molecule has 3 aliphatic rings. The molecular weight excluding hydrogens is 666 g/mol. The molecule has 18 atom stereocenters. The van der Waals surface area contributed by atoms with Gasteiger partial charge in [-0.1, -0.05) is 34.6 Å². The molecule has 3 saturated heterocycles. The number of ether oxygens (including phenoxy) is 6. The summed E-state index contributed by atoms with van der Waals surface area (Å²) in [5, 5.41) is 56.9. The molecule has 0 aromatic rings. The summed E-state index contributed by atoms with van der Waals surface area (Å²) < 4.78 is 37.1. The van der Waals surface area contributed by atoms with Crippen LogP contribution in [0.4, 0.5) is 0 Å². The van der Waals surface area contributed by atoms with Crippen LogP contribution in [0.2, 0.25) is 0 Å². The standard InChI is InChI=1S/C37H67NO13/c1-13-26-20(4)29(41)21(5)28(40)18(2)15-36(8,45)33(51-35-30(42)25(38(10)11)14-19(3)47-35)22(6)31(24(17-39)34(44)49-26)50-27-16-37(9,46-12)32(43)23(7)48-27/h18-27,29-33,35,39,41-43,45H,13-17H2,1-12H3/t18-,19-,20+,21+,22+,23-,24-,25+,26-,27+,29+,30+,31+,32-,33-,35-,36-,37+/m1/s1. The van der Waals surface area contributed by atoms with Gasteiger partial charge in [-0.2, -0.15) is 0 Å². The zero-order valence-electron chi connectivity index (χ0n) is 32.7. The summed E-state index contributed by atoms with van der Waals surface area (Å²) in [6, 6.07) is -0.337. The minimum absolute atomic E-state index is 0.0596. The van der Waals surface area contributed by atoms with E-state index in [1.54, 1.807) is 48.5 Å². The summed E-state index contributed by atoms with van der Waals surface area (Å²) in [6.07, 6.45) is -9.05. The highest BCUT2D eigenvalue weighted by Crippen LogP contribution is 2.40. The predicted octanol–water partition coefficient (Wildman–Crippen LogP) is 1.64. The Labute approximate surface area is 304 Å². The lowest BCUT2D eigenvalue weighted by atomic mass is 9.74. The van der Waals surface area contributed by atoms with Crippen molar-refractivity contribution in [3.63, 3.8) is 0 Å². The fourth-order valence-electron chi connectivity index (χ4n) is 8.40. The molecule has 51 heavy (non-hydrogen) atoms. The zero-order valence-corrected chi connectivity index (χ0v) is 32.7. The van der Waals surface area contributed by atoms with E-state index in [0.717, 1.165) is 0 Å². The van der Waals surface area contributed by atoms with Gasteiger partial charge in [-0.15, -0.1) is 0 Å². The number of rotatable bonds is 8. The van der Waals surface area contributed by atoms with Gasteiger partial charge in [-0.25, -0.2) is 0 Å². The number of hydrogen-bond donors (Lipinski definition) is 5. The first-order valence-corrected chi connectivity index (χ1v) is 18.6. The molecule has 5 N–H and O–H groups in total. The van der Waals surface area contributed by atoms with Gasteiger partial charge < -0.3 is 58.9 Å². The van der Waals surface area contributed by atoms with E-state index in [1.165, 1.54) is 14.0 Å². The van der Waals surface area contributed by atoms with Crippen LogP contribution in [0.1, 0.15) is 88.0 Å². The van der Waals surface area contributed by atoms with Crippen molar-refractivity contribution in [2.45, 2.75) is 167 Å². The summed E-state index contributed by atoms with van der Waals surface area (Å²) in [7, 11) is 5.15. The summed E-state index contributed by atoms with van der Waals surface area (Å²) in [4.78, 5) is 29.8. The van der Waals surface area contributed by atoms with Gasteiger partial charge in [-0.05, 0) is 61.1 Å². The Hall–Kier alpha value is -1.30. The molecule has 0 spiro atoms. The topological polar surface area (TPSA) is 194 Å². The van der Waals surface area contributed by atoms with Gasteiger partial charge in [0.2, 0.25) is 0 Å². The minimum atomic E-state index is -1.80. The van der Waals surface area contributed by atoms with Crippen molar-refractivity contribution in [3.8, 4) is 0 Å². The number of aliphatic hydroxyl groups is 5. The maximum absolute atomic E-state index is 14.1. The Morgan fingerprint density at radius 2 is 1.55 bits per heavy atom. The van der Waals surface area contributed by atoms with Gasteiger partial charge in [0, 0.05) is 43.2 Å². The molecule has 298 valence electrons. The van der Waals surface area contributed by atoms with Gasteiger partial charge in [-0.3, -0.25) is 9.59 Å². The molecule has 0 aliphatic carbocycles. The molecule has 0 aromatic heterocycles. The lowest BCUT2D eigenvalue weighted by molar-refractivity contribution is -0.318. The highest BCUT2D eigenvalue weighted by molar-refractivity contribution is 5.83. The highest BCUT2D eigenvalue weighted by Gasteiger charge is 2.53. The second-order valence-electron chi connectivity index (χ2n) is 16.2. The van der Waals surface area contributed by atoms with Gasteiger partial charge in [0.25, 0.3) is 0 Å². The fourth-order valence-corrected chi connectivity index (χ4v) is 8.40. The molecule has 0 aromatic carbocycles. The van der Waals surface area contributed by atoms with Crippen LogP contribution < -0.4 is 0 Å².